The van der Waals surface area contributed by atoms with Gasteiger partial charge < -0.3 is 10.6 Å². The van der Waals surface area contributed by atoms with Crippen LogP contribution >= 0.6 is 0 Å². The molecule has 2 N–H and O–H groups in total. The maximum Gasteiger partial charge on any atom is 0.191 e. The molecule has 1 atom stereocenters. The predicted molar refractivity (Wildman–Crippen MR) is 110 cm³/mol. The minimum Gasteiger partial charge on any atom is -0.354 e. The van der Waals surface area contributed by atoms with Crippen LogP contribution in [0.25, 0.3) is 5.69 Å². The molecular formula is C19H29N5O2S. The average Bonchev–Trinajstić information content (AvgIpc) is 2.94. The van der Waals surface area contributed by atoms with Gasteiger partial charge >= 0.3 is 0 Å². The second-order valence-electron chi connectivity index (χ2n) is 6.86. The Balaban J connectivity index is 2.04. The molecular weight excluding hydrogens is 362 g/mol. The van der Waals surface area contributed by atoms with E-state index in [2.05, 4.69) is 26.8 Å². The topological polar surface area (TPSA) is 88.4 Å². The number of aryl methyl sites for hydroxylation is 2. The summed E-state index contributed by atoms with van der Waals surface area (Å²) in [5, 5.41) is 11.1. The molecule has 1 heterocycles. The third-order valence-corrected chi connectivity index (χ3v) is 5.18. The number of sulfone groups is 1. The molecule has 0 radical (unpaired) electrons. The molecule has 2 aromatic rings. The zero-order valence-corrected chi connectivity index (χ0v) is 17.5. The first-order chi connectivity index (χ1) is 12.7. The summed E-state index contributed by atoms with van der Waals surface area (Å²) in [6.45, 7) is 6.54. The monoisotopic (exact) mass is 391 g/mol. The number of hydrogen-bond acceptors (Lipinski definition) is 4. The Morgan fingerprint density at radius 3 is 2.59 bits per heavy atom. The summed E-state index contributed by atoms with van der Waals surface area (Å²) < 4.78 is 24.6. The smallest absolute Gasteiger partial charge is 0.191 e. The molecule has 1 unspecified atom stereocenters. The Labute approximate surface area is 161 Å². The second-order valence-corrected chi connectivity index (χ2v) is 9.12. The standard InChI is InChI=1S/C19H29N5O2S/c1-14(10-11-27(5,25)26)22-19(20-4)21-13-17-8-6-7-9-18(17)24-16(3)12-15(2)23-24/h6-9,12,14H,10-11,13H2,1-5H3,(H2,20,21,22). The van der Waals surface area contributed by atoms with Gasteiger partial charge in [-0.05, 0) is 44.9 Å². The maximum absolute atomic E-state index is 11.3. The third kappa shape index (κ3) is 6.39. The van der Waals surface area contributed by atoms with E-state index in [1.54, 1.807) is 7.05 Å². The summed E-state index contributed by atoms with van der Waals surface area (Å²) in [6, 6.07) is 10.1. The highest BCUT2D eigenvalue weighted by Crippen LogP contribution is 2.16. The minimum atomic E-state index is -2.97. The number of nitrogens with one attached hydrogen (secondary N) is 2. The summed E-state index contributed by atoms with van der Waals surface area (Å²) in [4.78, 5) is 4.23. The lowest BCUT2D eigenvalue weighted by Gasteiger charge is -2.18. The molecule has 0 aliphatic rings. The van der Waals surface area contributed by atoms with E-state index in [9.17, 15) is 8.42 Å². The fourth-order valence-electron chi connectivity index (χ4n) is 2.81. The van der Waals surface area contributed by atoms with Crippen LogP contribution in [0.1, 0.15) is 30.3 Å². The van der Waals surface area contributed by atoms with Crippen LogP contribution in [0.3, 0.4) is 0 Å². The number of benzene rings is 1. The van der Waals surface area contributed by atoms with Gasteiger partial charge in [-0.1, -0.05) is 18.2 Å². The largest absolute Gasteiger partial charge is 0.354 e. The van der Waals surface area contributed by atoms with Crippen LogP contribution in [0.5, 0.6) is 0 Å². The molecule has 8 heteroatoms. The van der Waals surface area contributed by atoms with Crippen molar-refractivity contribution in [3.63, 3.8) is 0 Å². The van der Waals surface area contributed by atoms with Gasteiger partial charge in [0.2, 0.25) is 0 Å². The molecule has 1 aromatic heterocycles. The van der Waals surface area contributed by atoms with Gasteiger partial charge in [0.05, 0.1) is 17.1 Å². The van der Waals surface area contributed by atoms with Crippen molar-refractivity contribution in [2.75, 3.05) is 19.1 Å². The average molecular weight is 392 g/mol. The van der Waals surface area contributed by atoms with Gasteiger partial charge in [0.25, 0.3) is 0 Å². The van der Waals surface area contributed by atoms with Crippen LogP contribution in [-0.4, -0.2) is 49.3 Å². The normalized spacial score (nSPS) is 13.4. The van der Waals surface area contributed by atoms with Gasteiger partial charge in [-0.2, -0.15) is 5.10 Å². The zero-order chi connectivity index (χ0) is 20.0. The third-order valence-electron chi connectivity index (χ3n) is 4.20. The Bertz CT molecular complexity index is 903. The number of aromatic nitrogens is 2. The number of nitrogens with zero attached hydrogens (tertiary/aromatic N) is 3. The molecule has 0 saturated carbocycles. The van der Waals surface area contributed by atoms with Gasteiger partial charge in [-0.15, -0.1) is 0 Å². The second kappa shape index (κ2) is 9.03. The lowest BCUT2D eigenvalue weighted by Crippen LogP contribution is -2.42. The molecule has 0 amide bonds. The van der Waals surface area contributed by atoms with Crippen LogP contribution in [0.2, 0.25) is 0 Å². The molecule has 7 nitrogen and oxygen atoms in total. The number of para-hydroxylation sites is 1. The van der Waals surface area contributed by atoms with Crippen molar-refractivity contribution in [3.8, 4) is 5.69 Å². The van der Waals surface area contributed by atoms with Crippen LogP contribution < -0.4 is 10.6 Å². The van der Waals surface area contributed by atoms with E-state index in [1.807, 2.05) is 49.7 Å². The lowest BCUT2D eigenvalue weighted by molar-refractivity contribution is 0.581. The van der Waals surface area contributed by atoms with E-state index >= 15 is 0 Å². The van der Waals surface area contributed by atoms with Crippen LogP contribution in [0, 0.1) is 13.8 Å². The van der Waals surface area contributed by atoms with E-state index in [1.165, 1.54) is 6.26 Å². The number of guanidine groups is 1. The Morgan fingerprint density at radius 1 is 1.30 bits per heavy atom. The van der Waals surface area contributed by atoms with Crippen molar-refractivity contribution < 1.29 is 8.42 Å². The van der Waals surface area contributed by atoms with Gasteiger partial charge in [-0.3, -0.25) is 4.99 Å². The first-order valence-corrected chi connectivity index (χ1v) is 11.0. The number of aliphatic imine (C=N–C) groups is 1. The van der Waals surface area contributed by atoms with Crippen LogP contribution in [0.4, 0.5) is 0 Å². The summed E-state index contributed by atoms with van der Waals surface area (Å²) in [5.41, 5.74) is 4.18. The number of rotatable bonds is 7. The molecule has 0 fully saturated rings. The molecule has 2 rings (SSSR count). The molecule has 0 bridgehead atoms. The molecule has 0 aliphatic heterocycles. The van der Waals surface area contributed by atoms with E-state index in [0.29, 0.717) is 18.9 Å². The molecule has 1 aromatic carbocycles. The fourth-order valence-corrected chi connectivity index (χ4v) is 3.59. The van der Waals surface area contributed by atoms with Crippen molar-refractivity contribution in [2.45, 2.75) is 39.8 Å². The van der Waals surface area contributed by atoms with E-state index in [0.717, 1.165) is 22.6 Å². The van der Waals surface area contributed by atoms with Gasteiger partial charge in [0, 0.05) is 31.6 Å². The van der Waals surface area contributed by atoms with E-state index in [4.69, 9.17) is 0 Å². The zero-order valence-electron chi connectivity index (χ0n) is 16.7. The predicted octanol–water partition coefficient (Wildman–Crippen LogP) is 1.98. The maximum atomic E-state index is 11.3. The van der Waals surface area contributed by atoms with Crippen molar-refractivity contribution in [1.82, 2.24) is 20.4 Å². The molecule has 0 spiro atoms. The fraction of sp³-hybridized carbons (Fsp3) is 0.474. The molecule has 0 aliphatic carbocycles. The molecule has 148 valence electrons. The Kier molecular flexibility index (Phi) is 7.01. The molecule has 27 heavy (non-hydrogen) atoms. The van der Waals surface area contributed by atoms with E-state index < -0.39 is 9.84 Å². The highest BCUT2D eigenvalue weighted by molar-refractivity contribution is 7.90. The summed E-state index contributed by atoms with van der Waals surface area (Å²) in [6.07, 6.45) is 1.78. The van der Waals surface area contributed by atoms with Crippen molar-refractivity contribution in [3.05, 3.63) is 47.3 Å². The van der Waals surface area contributed by atoms with Crippen molar-refractivity contribution >= 4 is 15.8 Å². The first kappa shape index (κ1) is 21.0. The summed E-state index contributed by atoms with van der Waals surface area (Å²) >= 11 is 0. The van der Waals surface area contributed by atoms with Gasteiger partial charge in [-0.25, -0.2) is 13.1 Å². The van der Waals surface area contributed by atoms with Gasteiger partial charge in [0.1, 0.15) is 9.84 Å². The van der Waals surface area contributed by atoms with E-state index in [-0.39, 0.29) is 11.8 Å². The highest BCUT2D eigenvalue weighted by atomic mass is 32.2. The molecule has 0 saturated heterocycles. The Hall–Kier alpha value is -2.35. The van der Waals surface area contributed by atoms with Crippen LogP contribution in [0.15, 0.2) is 35.3 Å². The summed E-state index contributed by atoms with van der Waals surface area (Å²) in [5.74, 6) is 0.790. The highest BCUT2D eigenvalue weighted by Gasteiger charge is 2.11. The van der Waals surface area contributed by atoms with Crippen LogP contribution in [-0.2, 0) is 16.4 Å². The SMILES string of the molecule is CN=C(NCc1ccccc1-n1nc(C)cc1C)NC(C)CCS(C)(=O)=O. The lowest BCUT2D eigenvalue weighted by atomic mass is 10.1. The summed E-state index contributed by atoms with van der Waals surface area (Å²) in [7, 11) is -1.27. The van der Waals surface area contributed by atoms with Crippen molar-refractivity contribution in [2.24, 2.45) is 4.99 Å². The first-order valence-electron chi connectivity index (χ1n) is 8.96. The van der Waals surface area contributed by atoms with Crippen molar-refractivity contribution in [1.29, 1.82) is 0 Å². The quantitative estimate of drug-likeness (QED) is 0.557. The van der Waals surface area contributed by atoms with Gasteiger partial charge in [0.15, 0.2) is 5.96 Å². The minimum absolute atomic E-state index is 0.00261. The Morgan fingerprint density at radius 2 is 2.00 bits per heavy atom. The number of hydrogen-bond donors (Lipinski definition) is 2.